The van der Waals surface area contributed by atoms with Crippen LogP contribution in [-0.2, 0) is 19.6 Å². The van der Waals surface area contributed by atoms with Crippen LogP contribution in [0.5, 0.6) is 0 Å². The zero-order valence-corrected chi connectivity index (χ0v) is 14.2. The molecule has 0 aromatic carbocycles. The molecule has 7 heteroatoms. The van der Waals surface area contributed by atoms with Crippen LogP contribution in [0.1, 0.15) is 41.1 Å². The highest BCUT2D eigenvalue weighted by molar-refractivity contribution is 5.93. The van der Waals surface area contributed by atoms with E-state index in [4.69, 9.17) is 9.40 Å². The van der Waals surface area contributed by atoms with Crippen molar-refractivity contribution < 1.29 is 9.21 Å². The first kappa shape index (κ1) is 16.1. The monoisotopic (exact) mass is 342 g/mol. The van der Waals surface area contributed by atoms with E-state index in [0.29, 0.717) is 37.6 Å². The Balaban J connectivity index is 1.59. The highest BCUT2D eigenvalue weighted by Crippen LogP contribution is 2.15. The first-order valence-electron chi connectivity index (χ1n) is 8.84. The van der Waals surface area contributed by atoms with Crippen LogP contribution in [0.3, 0.4) is 0 Å². The summed E-state index contributed by atoms with van der Waals surface area (Å²) >= 11 is 0. The highest BCUT2D eigenvalue weighted by Gasteiger charge is 2.23. The Bertz CT molecular complexity index is 806. The number of amides is 1. The molecule has 2 aromatic heterocycles. The average Bonchev–Trinajstić information content (AvgIpc) is 3.25. The third kappa shape index (κ3) is 3.37. The summed E-state index contributed by atoms with van der Waals surface area (Å²) in [6.45, 7) is 4.39. The molecule has 1 amide bonds. The number of rotatable bonds is 3. The van der Waals surface area contributed by atoms with Gasteiger partial charge in [0.2, 0.25) is 0 Å². The van der Waals surface area contributed by atoms with Crippen LogP contribution in [0.25, 0.3) is 0 Å². The molecule has 2 aliphatic heterocycles. The molecular formula is C18H22N4O3. The van der Waals surface area contributed by atoms with Gasteiger partial charge in [0.05, 0.1) is 24.1 Å². The molecule has 0 saturated carbocycles. The molecule has 132 valence electrons. The molecule has 0 atom stereocenters. The number of hydrogen-bond donors (Lipinski definition) is 0. The second kappa shape index (κ2) is 6.84. The van der Waals surface area contributed by atoms with Crippen LogP contribution >= 0.6 is 0 Å². The maximum Gasteiger partial charge on any atom is 0.257 e. The number of carbonyl (C=O) groups is 1. The maximum absolute atomic E-state index is 12.6. The predicted octanol–water partition coefficient (Wildman–Crippen LogP) is 1.48. The Morgan fingerprint density at radius 2 is 2.00 bits per heavy atom. The number of aromatic nitrogens is 2. The van der Waals surface area contributed by atoms with Gasteiger partial charge in [-0.25, -0.2) is 4.98 Å². The van der Waals surface area contributed by atoms with Gasteiger partial charge in [-0.3, -0.25) is 19.1 Å². The lowest BCUT2D eigenvalue weighted by molar-refractivity contribution is 0.0743. The molecule has 1 fully saturated rings. The van der Waals surface area contributed by atoms with Crippen molar-refractivity contribution in [3.05, 3.63) is 52.1 Å². The molecule has 0 bridgehead atoms. The summed E-state index contributed by atoms with van der Waals surface area (Å²) in [7, 11) is 0. The Labute approximate surface area is 145 Å². The van der Waals surface area contributed by atoms with E-state index in [1.54, 1.807) is 21.6 Å². The molecule has 0 unspecified atom stereocenters. The summed E-state index contributed by atoms with van der Waals surface area (Å²) in [5.74, 6) is 0.595. The molecule has 0 N–H and O–H groups in total. The molecule has 2 aliphatic rings. The minimum Gasteiger partial charge on any atom is -0.472 e. The van der Waals surface area contributed by atoms with E-state index in [-0.39, 0.29) is 11.5 Å². The molecule has 25 heavy (non-hydrogen) atoms. The minimum atomic E-state index is -0.0820. The van der Waals surface area contributed by atoms with Gasteiger partial charge in [0.1, 0.15) is 12.1 Å². The standard InChI is InChI=1S/C18H22N4O3/c23-17-10-15(11-20-5-1-2-6-20)19-16-12-21(7-3-8-22(16)17)18(24)14-4-9-25-13-14/h4,9-10,13H,1-3,5-8,11-12H2. The summed E-state index contributed by atoms with van der Waals surface area (Å²) in [4.78, 5) is 33.9. The number of carbonyl (C=O) groups excluding carboxylic acids is 1. The molecular weight excluding hydrogens is 320 g/mol. The number of nitrogens with zero attached hydrogens (tertiary/aromatic N) is 4. The summed E-state index contributed by atoms with van der Waals surface area (Å²) in [6.07, 6.45) is 6.10. The molecule has 7 nitrogen and oxygen atoms in total. The van der Waals surface area contributed by atoms with Gasteiger partial charge in [0.25, 0.3) is 11.5 Å². The SMILES string of the molecule is O=C(c1ccoc1)N1CCCn2c(nc(CN3CCCC3)cc2=O)C1. The van der Waals surface area contributed by atoms with Crippen molar-refractivity contribution in [3.8, 4) is 0 Å². The van der Waals surface area contributed by atoms with Crippen LogP contribution in [0, 0.1) is 0 Å². The van der Waals surface area contributed by atoms with Gasteiger partial charge in [0.15, 0.2) is 0 Å². The van der Waals surface area contributed by atoms with Gasteiger partial charge >= 0.3 is 0 Å². The number of fused-ring (bicyclic) bond motifs is 1. The lowest BCUT2D eigenvalue weighted by Gasteiger charge is -2.20. The van der Waals surface area contributed by atoms with Crippen molar-refractivity contribution in [1.29, 1.82) is 0 Å². The first-order valence-corrected chi connectivity index (χ1v) is 8.84. The first-order chi connectivity index (χ1) is 12.2. The fourth-order valence-corrected chi connectivity index (χ4v) is 3.63. The van der Waals surface area contributed by atoms with Gasteiger partial charge in [-0.2, -0.15) is 0 Å². The Morgan fingerprint density at radius 1 is 1.16 bits per heavy atom. The van der Waals surface area contributed by atoms with Crippen molar-refractivity contribution in [3.63, 3.8) is 0 Å². The van der Waals surface area contributed by atoms with Gasteiger partial charge in [-0.05, 0) is 38.4 Å². The second-order valence-corrected chi connectivity index (χ2v) is 6.73. The quantitative estimate of drug-likeness (QED) is 0.845. The summed E-state index contributed by atoms with van der Waals surface area (Å²) in [6, 6.07) is 3.31. The van der Waals surface area contributed by atoms with E-state index >= 15 is 0 Å². The zero-order chi connectivity index (χ0) is 17.2. The number of furan rings is 1. The van der Waals surface area contributed by atoms with E-state index in [0.717, 1.165) is 25.2 Å². The van der Waals surface area contributed by atoms with E-state index in [2.05, 4.69) is 4.90 Å². The van der Waals surface area contributed by atoms with Crippen LogP contribution in [-0.4, -0.2) is 44.9 Å². The largest absolute Gasteiger partial charge is 0.472 e. The van der Waals surface area contributed by atoms with E-state index in [1.165, 1.54) is 25.4 Å². The molecule has 0 spiro atoms. The van der Waals surface area contributed by atoms with Crippen molar-refractivity contribution in [1.82, 2.24) is 19.4 Å². The van der Waals surface area contributed by atoms with Crippen LogP contribution in [0.4, 0.5) is 0 Å². The van der Waals surface area contributed by atoms with E-state index in [1.807, 2.05) is 0 Å². The fourth-order valence-electron chi connectivity index (χ4n) is 3.63. The Morgan fingerprint density at radius 3 is 2.76 bits per heavy atom. The van der Waals surface area contributed by atoms with Gasteiger partial charge in [-0.15, -0.1) is 0 Å². The normalized spacial score (nSPS) is 18.2. The molecule has 0 radical (unpaired) electrons. The molecule has 4 heterocycles. The maximum atomic E-state index is 12.6. The molecule has 4 rings (SSSR count). The second-order valence-electron chi connectivity index (χ2n) is 6.73. The predicted molar refractivity (Wildman–Crippen MR) is 91.1 cm³/mol. The van der Waals surface area contributed by atoms with Crippen LogP contribution in [0.15, 0.2) is 33.9 Å². The smallest absolute Gasteiger partial charge is 0.257 e. The van der Waals surface area contributed by atoms with Gasteiger partial charge < -0.3 is 9.32 Å². The van der Waals surface area contributed by atoms with Crippen molar-refractivity contribution >= 4 is 5.91 Å². The van der Waals surface area contributed by atoms with Gasteiger partial charge in [0, 0.05) is 25.7 Å². The zero-order valence-electron chi connectivity index (χ0n) is 14.2. The minimum absolute atomic E-state index is 0.0168. The molecule has 0 aliphatic carbocycles. The summed E-state index contributed by atoms with van der Waals surface area (Å²) in [5.41, 5.74) is 1.32. The molecule has 2 aromatic rings. The van der Waals surface area contributed by atoms with Crippen molar-refractivity contribution in [2.45, 2.75) is 38.9 Å². The number of likely N-dealkylation sites (tertiary alicyclic amines) is 1. The Kier molecular flexibility index (Phi) is 4.40. The van der Waals surface area contributed by atoms with Crippen molar-refractivity contribution in [2.75, 3.05) is 19.6 Å². The lowest BCUT2D eigenvalue weighted by Crippen LogP contribution is -2.32. The third-order valence-corrected chi connectivity index (χ3v) is 4.92. The van der Waals surface area contributed by atoms with E-state index in [9.17, 15) is 9.59 Å². The fraction of sp³-hybridized carbons (Fsp3) is 0.500. The van der Waals surface area contributed by atoms with Gasteiger partial charge in [-0.1, -0.05) is 0 Å². The molecule has 1 saturated heterocycles. The Hall–Kier alpha value is -2.41. The highest BCUT2D eigenvalue weighted by atomic mass is 16.3. The topological polar surface area (TPSA) is 71.6 Å². The number of hydrogen-bond acceptors (Lipinski definition) is 5. The van der Waals surface area contributed by atoms with Crippen LogP contribution < -0.4 is 5.56 Å². The summed E-state index contributed by atoms with van der Waals surface area (Å²) in [5, 5.41) is 0. The van der Waals surface area contributed by atoms with Crippen LogP contribution in [0.2, 0.25) is 0 Å². The van der Waals surface area contributed by atoms with Crippen molar-refractivity contribution in [2.24, 2.45) is 0 Å². The van der Waals surface area contributed by atoms with E-state index < -0.39 is 0 Å². The summed E-state index contributed by atoms with van der Waals surface area (Å²) < 4.78 is 6.72. The lowest BCUT2D eigenvalue weighted by atomic mass is 10.2. The average molecular weight is 342 g/mol. The third-order valence-electron chi connectivity index (χ3n) is 4.92.